The quantitative estimate of drug-likeness (QED) is 0.139. The molecule has 0 saturated heterocycles. The third-order valence-corrected chi connectivity index (χ3v) is 9.88. The minimum atomic E-state index is -2.86. The van der Waals surface area contributed by atoms with Gasteiger partial charge >= 0.3 is 8.56 Å². The highest BCUT2D eigenvalue weighted by Crippen LogP contribution is 2.26. The molecule has 0 aliphatic heterocycles. The number of nitrogens with zero attached hydrogens (tertiary/aromatic N) is 4. The molecule has 0 amide bonds. The summed E-state index contributed by atoms with van der Waals surface area (Å²) in [6.07, 6.45) is 0. The zero-order chi connectivity index (χ0) is 32.4. The zero-order valence-corrected chi connectivity index (χ0v) is 25.8. The van der Waals surface area contributed by atoms with E-state index in [1.54, 1.807) is 36.4 Å². The maximum Gasteiger partial charge on any atom is 0.369 e. The SMILES string of the molecule is C[Si](OCc1ccc(Oc2ccc(C#N)c(C#N)c2)cc1)(OCc1ccc(Oc2ccc(C#N)c(C#N)c2)cc1)c1ccccc1. The van der Waals surface area contributed by atoms with Crippen LogP contribution in [0.1, 0.15) is 33.4 Å². The summed E-state index contributed by atoms with van der Waals surface area (Å²) in [5.41, 5.74) is 3.00. The molecule has 5 aromatic rings. The maximum absolute atomic E-state index is 9.28. The van der Waals surface area contributed by atoms with E-state index in [0.29, 0.717) is 47.3 Å². The van der Waals surface area contributed by atoms with Crippen LogP contribution in [0, 0.1) is 45.3 Å². The highest BCUT2D eigenvalue weighted by molar-refractivity contribution is 6.79. The highest BCUT2D eigenvalue weighted by Gasteiger charge is 2.34. The summed E-state index contributed by atoms with van der Waals surface area (Å²) >= 11 is 0. The number of nitriles is 4. The van der Waals surface area contributed by atoms with E-state index in [0.717, 1.165) is 16.3 Å². The molecular formula is C37H26N4O4Si. The van der Waals surface area contributed by atoms with Crippen molar-refractivity contribution in [2.75, 3.05) is 0 Å². The second-order valence-electron chi connectivity index (χ2n) is 10.2. The van der Waals surface area contributed by atoms with Crippen molar-refractivity contribution in [2.24, 2.45) is 0 Å². The van der Waals surface area contributed by atoms with Gasteiger partial charge in [-0.2, -0.15) is 21.0 Å². The van der Waals surface area contributed by atoms with Crippen LogP contribution in [0.2, 0.25) is 6.55 Å². The first-order valence-electron chi connectivity index (χ1n) is 14.2. The Morgan fingerprint density at radius 1 is 0.478 bits per heavy atom. The molecule has 0 heterocycles. The Kier molecular flexibility index (Phi) is 9.85. The molecule has 0 aliphatic rings. The topological polar surface area (TPSA) is 132 Å². The summed E-state index contributed by atoms with van der Waals surface area (Å²) in [4.78, 5) is 0. The molecule has 0 bridgehead atoms. The number of rotatable bonds is 11. The summed E-state index contributed by atoms with van der Waals surface area (Å²) in [5, 5.41) is 37.8. The lowest BCUT2D eigenvalue weighted by molar-refractivity contribution is 0.170. The number of hydrogen-bond donors (Lipinski definition) is 0. The molecule has 9 heteroatoms. The van der Waals surface area contributed by atoms with Gasteiger partial charge in [-0.05, 0) is 83.5 Å². The van der Waals surface area contributed by atoms with Gasteiger partial charge in [0.05, 0.1) is 35.5 Å². The number of benzene rings is 5. The van der Waals surface area contributed by atoms with Crippen LogP contribution >= 0.6 is 0 Å². The zero-order valence-electron chi connectivity index (χ0n) is 24.8. The van der Waals surface area contributed by atoms with Gasteiger partial charge in [-0.15, -0.1) is 0 Å². The Morgan fingerprint density at radius 2 is 0.870 bits per heavy atom. The molecule has 0 aliphatic carbocycles. The van der Waals surface area contributed by atoms with Crippen molar-refractivity contribution in [1.82, 2.24) is 0 Å². The Morgan fingerprint density at radius 3 is 1.26 bits per heavy atom. The van der Waals surface area contributed by atoms with Crippen LogP contribution in [0.5, 0.6) is 23.0 Å². The van der Waals surface area contributed by atoms with Crippen LogP contribution in [0.4, 0.5) is 0 Å². The van der Waals surface area contributed by atoms with Crippen LogP contribution in [0.15, 0.2) is 115 Å². The lowest BCUT2D eigenvalue weighted by atomic mass is 10.1. The first-order chi connectivity index (χ1) is 22.4. The van der Waals surface area contributed by atoms with Crippen molar-refractivity contribution in [2.45, 2.75) is 19.8 Å². The fraction of sp³-hybridized carbons (Fsp3) is 0.0811. The molecule has 5 rings (SSSR count). The lowest BCUT2D eigenvalue weighted by Gasteiger charge is -2.27. The summed E-state index contributed by atoms with van der Waals surface area (Å²) in [7, 11) is -2.86. The van der Waals surface area contributed by atoms with Crippen molar-refractivity contribution >= 4 is 13.7 Å². The average Bonchev–Trinajstić information content (AvgIpc) is 3.11. The first-order valence-corrected chi connectivity index (χ1v) is 16.5. The monoisotopic (exact) mass is 618 g/mol. The second kappa shape index (κ2) is 14.5. The van der Waals surface area contributed by atoms with Crippen LogP contribution in [0.3, 0.4) is 0 Å². The van der Waals surface area contributed by atoms with E-state index in [9.17, 15) is 10.5 Å². The van der Waals surface area contributed by atoms with Gasteiger partial charge in [0.25, 0.3) is 0 Å². The summed E-state index contributed by atoms with van der Waals surface area (Å²) in [5.74, 6) is 2.13. The molecule has 0 fully saturated rings. The molecule has 0 aromatic heterocycles. The maximum atomic E-state index is 9.28. The second-order valence-corrected chi connectivity index (χ2v) is 13.3. The predicted octanol–water partition coefficient (Wildman–Crippen LogP) is 7.47. The minimum absolute atomic E-state index is 0.262. The fourth-order valence-corrected chi connectivity index (χ4v) is 6.62. The van der Waals surface area contributed by atoms with Crippen molar-refractivity contribution in [3.63, 3.8) is 0 Å². The standard InChI is InChI=1S/C37H26N4O4Si/c1-46(37-5-3-2-4-6-37,42-25-27-7-13-33(14-8-27)44-35-17-11-29(21-38)31(19-35)23-40)43-26-28-9-15-34(16-10-28)45-36-18-12-30(22-39)32(20-36)24-41/h2-20H,25-26H2,1H3. The Bertz CT molecular complexity index is 1880. The van der Waals surface area contributed by atoms with Gasteiger partial charge in [-0.1, -0.05) is 54.6 Å². The molecule has 0 saturated carbocycles. The molecule has 222 valence electrons. The van der Waals surface area contributed by atoms with E-state index in [1.165, 1.54) is 0 Å². The lowest BCUT2D eigenvalue weighted by Crippen LogP contribution is -2.50. The number of ether oxygens (including phenoxy) is 2. The summed E-state index contributed by atoms with van der Waals surface area (Å²) in [6, 6.07) is 42.4. The Labute approximate surface area is 268 Å². The van der Waals surface area contributed by atoms with Gasteiger partial charge in [0.15, 0.2) is 0 Å². The molecule has 46 heavy (non-hydrogen) atoms. The van der Waals surface area contributed by atoms with E-state index in [4.69, 9.17) is 28.8 Å². The molecule has 0 unspecified atom stereocenters. The predicted molar refractivity (Wildman–Crippen MR) is 172 cm³/mol. The van der Waals surface area contributed by atoms with Crippen LogP contribution < -0.4 is 14.7 Å². The molecular weight excluding hydrogens is 593 g/mol. The average molecular weight is 619 g/mol. The van der Waals surface area contributed by atoms with Crippen molar-refractivity contribution in [3.05, 3.63) is 149 Å². The van der Waals surface area contributed by atoms with E-state index >= 15 is 0 Å². The summed E-state index contributed by atoms with van der Waals surface area (Å²) in [6.45, 7) is 2.68. The van der Waals surface area contributed by atoms with Gasteiger partial charge < -0.3 is 18.3 Å². The molecule has 0 spiro atoms. The smallest absolute Gasteiger partial charge is 0.369 e. The highest BCUT2D eigenvalue weighted by atomic mass is 28.4. The fourth-order valence-electron chi connectivity index (χ4n) is 4.52. The molecule has 0 radical (unpaired) electrons. The van der Waals surface area contributed by atoms with E-state index in [-0.39, 0.29) is 11.1 Å². The molecule has 8 nitrogen and oxygen atoms in total. The van der Waals surface area contributed by atoms with Crippen molar-refractivity contribution in [1.29, 1.82) is 21.0 Å². The van der Waals surface area contributed by atoms with E-state index in [2.05, 4.69) is 0 Å². The molecule has 5 aromatic carbocycles. The van der Waals surface area contributed by atoms with E-state index in [1.807, 2.05) is 110 Å². The third kappa shape index (κ3) is 7.65. The van der Waals surface area contributed by atoms with Gasteiger partial charge in [0.1, 0.15) is 47.3 Å². The molecule has 0 atom stereocenters. The van der Waals surface area contributed by atoms with Crippen LogP contribution in [0.25, 0.3) is 0 Å². The summed E-state index contributed by atoms with van der Waals surface area (Å²) < 4.78 is 24.8. The van der Waals surface area contributed by atoms with Crippen LogP contribution in [-0.4, -0.2) is 8.56 Å². The Balaban J connectivity index is 1.22. The minimum Gasteiger partial charge on any atom is -0.457 e. The Hall–Kier alpha value is -6.20. The first kappa shape index (κ1) is 31.2. The van der Waals surface area contributed by atoms with Gasteiger partial charge in [0.2, 0.25) is 0 Å². The normalized spacial score (nSPS) is 10.5. The van der Waals surface area contributed by atoms with Crippen molar-refractivity contribution < 1.29 is 18.3 Å². The third-order valence-electron chi connectivity index (χ3n) is 7.11. The largest absolute Gasteiger partial charge is 0.457 e. The number of hydrogen-bond acceptors (Lipinski definition) is 8. The van der Waals surface area contributed by atoms with Crippen molar-refractivity contribution in [3.8, 4) is 47.3 Å². The van der Waals surface area contributed by atoms with E-state index < -0.39 is 8.56 Å². The van der Waals surface area contributed by atoms with Crippen LogP contribution in [-0.2, 0) is 22.1 Å². The van der Waals surface area contributed by atoms with Gasteiger partial charge in [0, 0.05) is 0 Å². The van der Waals surface area contributed by atoms with Gasteiger partial charge in [-0.25, -0.2) is 0 Å². The van der Waals surface area contributed by atoms with Gasteiger partial charge in [-0.3, -0.25) is 0 Å². The molecule has 0 N–H and O–H groups in total.